The molecule has 0 saturated heterocycles. The Hall–Kier alpha value is -3.42. The van der Waals surface area contributed by atoms with Crippen LogP contribution in [-0.2, 0) is 6.54 Å². The maximum atomic E-state index is 12.4. The van der Waals surface area contributed by atoms with E-state index < -0.39 is 0 Å². The average molecular weight is 340 g/mol. The number of hydrogen-bond donors (Lipinski definition) is 3. The number of amidine groups is 1. The second-order valence-electron chi connectivity index (χ2n) is 5.17. The smallest absolute Gasteiger partial charge is 0.270 e. The Kier molecular flexibility index (Phi) is 6.05. The summed E-state index contributed by atoms with van der Waals surface area (Å²) in [6.07, 6.45) is 0. The first-order valence-corrected chi connectivity index (χ1v) is 7.47. The van der Waals surface area contributed by atoms with E-state index in [1.54, 1.807) is 26.2 Å². The van der Waals surface area contributed by atoms with Crippen LogP contribution >= 0.6 is 0 Å². The number of nitrogens with two attached hydrogens (primary N) is 1. The van der Waals surface area contributed by atoms with Gasteiger partial charge in [0.1, 0.15) is 11.4 Å². The van der Waals surface area contributed by atoms with Gasteiger partial charge in [-0.1, -0.05) is 12.1 Å². The SMILES string of the molecule is C=NN/N=C(\N)c1cc(C)nc(C(=O)NCc2cccc(OC)c2)c1. The molecular formula is C17H20N6O2. The predicted octanol–water partition coefficient (Wildman–Crippen LogP) is 1.15. The summed E-state index contributed by atoms with van der Waals surface area (Å²) in [7, 11) is 1.60. The van der Waals surface area contributed by atoms with Gasteiger partial charge in [0.05, 0.1) is 7.11 Å². The van der Waals surface area contributed by atoms with Gasteiger partial charge in [-0.05, 0) is 36.8 Å². The normalized spacial score (nSPS) is 10.9. The van der Waals surface area contributed by atoms with E-state index in [1.807, 2.05) is 24.3 Å². The summed E-state index contributed by atoms with van der Waals surface area (Å²) in [5.74, 6) is 0.602. The molecule has 0 unspecified atom stereocenters. The number of methoxy groups -OCH3 is 1. The molecule has 0 spiro atoms. The van der Waals surface area contributed by atoms with Crippen molar-refractivity contribution in [1.29, 1.82) is 0 Å². The van der Waals surface area contributed by atoms with Crippen LogP contribution in [0.15, 0.2) is 46.6 Å². The minimum atomic E-state index is -0.310. The Balaban J connectivity index is 2.13. The van der Waals surface area contributed by atoms with Crippen molar-refractivity contribution in [2.24, 2.45) is 15.9 Å². The third kappa shape index (κ3) is 5.03. The van der Waals surface area contributed by atoms with Crippen LogP contribution in [0.1, 0.15) is 27.3 Å². The van der Waals surface area contributed by atoms with Crippen LogP contribution in [0.4, 0.5) is 0 Å². The predicted molar refractivity (Wildman–Crippen MR) is 96.5 cm³/mol. The summed E-state index contributed by atoms with van der Waals surface area (Å²) >= 11 is 0. The molecule has 2 rings (SSSR count). The second kappa shape index (κ2) is 8.44. The maximum absolute atomic E-state index is 12.4. The number of benzene rings is 1. The van der Waals surface area contributed by atoms with E-state index >= 15 is 0 Å². The number of carbonyl (C=O) groups is 1. The van der Waals surface area contributed by atoms with Crippen molar-refractivity contribution in [2.45, 2.75) is 13.5 Å². The van der Waals surface area contributed by atoms with E-state index in [1.165, 1.54) is 0 Å². The quantitative estimate of drug-likeness (QED) is 0.397. The Bertz CT molecular complexity index is 803. The number of carbonyl (C=O) groups excluding carboxylic acids is 1. The number of pyridine rings is 1. The number of hydrazone groups is 2. The summed E-state index contributed by atoms with van der Waals surface area (Å²) in [6, 6.07) is 10.7. The van der Waals surface area contributed by atoms with Gasteiger partial charge in [-0.25, -0.2) is 4.98 Å². The van der Waals surface area contributed by atoms with Crippen LogP contribution in [0.5, 0.6) is 5.75 Å². The number of nitrogens with zero attached hydrogens (tertiary/aromatic N) is 3. The lowest BCUT2D eigenvalue weighted by Crippen LogP contribution is -2.25. The molecule has 0 aliphatic heterocycles. The van der Waals surface area contributed by atoms with E-state index in [-0.39, 0.29) is 17.4 Å². The molecule has 0 fully saturated rings. The first-order valence-electron chi connectivity index (χ1n) is 7.47. The molecular weight excluding hydrogens is 320 g/mol. The summed E-state index contributed by atoms with van der Waals surface area (Å²) in [5, 5.41) is 10.0. The van der Waals surface area contributed by atoms with Crippen LogP contribution in [0.25, 0.3) is 0 Å². The lowest BCUT2D eigenvalue weighted by atomic mass is 10.1. The first kappa shape index (κ1) is 17.9. The molecule has 8 nitrogen and oxygen atoms in total. The molecule has 0 saturated carbocycles. The number of aryl methyl sites for hydroxylation is 1. The van der Waals surface area contributed by atoms with Crippen molar-refractivity contribution in [3.8, 4) is 5.75 Å². The van der Waals surface area contributed by atoms with Crippen molar-refractivity contribution in [1.82, 2.24) is 15.8 Å². The van der Waals surface area contributed by atoms with Crippen molar-refractivity contribution in [2.75, 3.05) is 7.11 Å². The van der Waals surface area contributed by atoms with E-state index in [0.717, 1.165) is 11.3 Å². The van der Waals surface area contributed by atoms with Crippen LogP contribution in [0, 0.1) is 6.92 Å². The monoisotopic (exact) mass is 340 g/mol. The average Bonchev–Trinajstić information content (AvgIpc) is 2.63. The standard InChI is InChI=1S/C17H20N6O2/c1-11-7-13(16(18)22-23-19-2)9-15(21-11)17(24)20-10-12-5-4-6-14(8-12)25-3/h4-9,23H,2,10H2,1,3H3,(H2,18,22)(H,20,24). The lowest BCUT2D eigenvalue weighted by molar-refractivity contribution is 0.0945. The van der Waals surface area contributed by atoms with Crippen LogP contribution in [0.2, 0.25) is 0 Å². The fourth-order valence-electron chi connectivity index (χ4n) is 2.14. The molecule has 0 aliphatic carbocycles. The molecule has 8 heteroatoms. The molecule has 4 N–H and O–H groups in total. The van der Waals surface area contributed by atoms with Gasteiger partial charge in [-0.2, -0.15) is 10.6 Å². The van der Waals surface area contributed by atoms with Crippen LogP contribution in [-0.4, -0.2) is 30.6 Å². The zero-order valence-electron chi connectivity index (χ0n) is 14.1. The minimum Gasteiger partial charge on any atom is -0.497 e. The van der Waals surface area contributed by atoms with E-state index in [9.17, 15) is 4.79 Å². The summed E-state index contributed by atoms with van der Waals surface area (Å²) in [6.45, 7) is 5.37. The fourth-order valence-corrected chi connectivity index (χ4v) is 2.14. The van der Waals surface area contributed by atoms with Crippen molar-refractivity contribution >= 4 is 18.5 Å². The highest BCUT2D eigenvalue weighted by molar-refractivity contribution is 6.00. The molecule has 0 radical (unpaired) electrons. The van der Waals surface area contributed by atoms with Gasteiger partial charge in [-0.15, -0.1) is 5.10 Å². The maximum Gasteiger partial charge on any atom is 0.270 e. The molecule has 1 aromatic carbocycles. The number of nitrogens with one attached hydrogen (secondary N) is 2. The lowest BCUT2D eigenvalue weighted by Gasteiger charge is -2.09. The van der Waals surface area contributed by atoms with E-state index in [4.69, 9.17) is 10.5 Å². The number of amides is 1. The molecule has 0 bridgehead atoms. The summed E-state index contributed by atoms with van der Waals surface area (Å²) in [5.41, 5.74) is 10.5. The minimum absolute atomic E-state index is 0.180. The van der Waals surface area contributed by atoms with Gasteiger partial charge in [0.15, 0.2) is 5.84 Å². The first-order chi connectivity index (χ1) is 12.0. The largest absolute Gasteiger partial charge is 0.497 e. The number of ether oxygens (including phenoxy) is 1. The zero-order chi connectivity index (χ0) is 18.2. The van der Waals surface area contributed by atoms with Crippen molar-refractivity contribution in [3.05, 3.63) is 58.9 Å². The van der Waals surface area contributed by atoms with Crippen molar-refractivity contribution in [3.63, 3.8) is 0 Å². The van der Waals surface area contributed by atoms with Gasteiger partial charge in [0, 0.05) is 24.5 Å². The third-order valence-electron chi connectivity index (χ3n) is 3.31. The van der Waals surface area contributed by atoms with E-state index in [0.29, 0.717) is 17.8 Å². The highest BCUT2D eigenvalue weighted by atomic mass is 16.5. The summed E-state index contributed by atoms with van der Waals surface area (Å²) in [4.78, 5) is 16.6. The van der Waals surface area contributed by atoms with Crippen LogP contribution in [0.3, 0.4) is 0 Å². The number of aromatic nitrogens is 1. The molecule has 2 aromatic rings. The van der Waals surface area contributed by atoms with Gasteiger partial charge in [0.25, 0.3) is 5.91 Å². The Labute approximate surface area is 145 Å². The molecule has 25 heavy (non-hydrogen) atoms. The van der Waals surface area contributed by atoms with Gasteiger partial charge >= 0.3 is 0 Å². The van der Waals surface area contributed by atoms with Crippen molar-refractivity contribution < 1.29 is 9.53 Å². The van der Waals surface area contributed by atoms with Gasteiger partial charge < -0.3 is 15.8 Å². The second-order valence-corrected chi connectivity index (χ2v) is 5.17. The van der Waals surface area contributed by atoms with Crippen LogP contribution < -0.4 is 21.3 Å². The van der Waals surface area contributed by atoms with Gasteiger partial charge in [0.2, 0.25) is 0 Å². The molecule has 130 valence electrons. The third-order valence-corrected chi connectivity index (χ3v) is 3.31. The van der Waals surface area contributed by atoms with E-state index in [2.05, 4.69) is 32.8 Å². The topological polar surface area (TPSA) is 114 Å². The Morgan fingerprint density at radius 1 is 1.36 bits per heavy atom. The highest BCUT2D eigenvalue weighted by Gasteiger charge is 2.11. The molecule has 0 atom stereocenters. The molecule has 1 heterocycles. The number of rotatable bonds is 7. The molecule has 1 aromatic heterocycles. The summed E-state index contributed by atoms with van der Waals surface area (Å²) < 4.78 is 5.17. The highest BCUT2D eigenvalue weighted by Crippen LogP contribution is 2.12. The Morgan fingerprint density at radius 3 is 2.88 bits per heavy atom. The molecule has 1 amide bonds. The zero-order valence-corrected chi connectivity index (χ0v) is 14.1. The molecule has 0 aliphatic rings. The number of hydrogen-bond acceptors (Lipinski definition) is 6. The van der Waals surface area contributed by atoms with Gasteiger partial charge in [-0.3, -0.25) is 4.79 Å². The fraction of sp³-hybridized carbons (Fsp3) is 0.176. The Morgan fingerprint density at radius 2 is 2.16 bits per heavy atom.